The molecule has 0 fully saturated rings. The third-order valence-electron chi connectivity index (χ3n) is 2.96. The van der Waals surface area contributed by atoms with Gasteiger partial charge in [0.2, 0.25) is 5.91 Å². The number of amides is 1. The van der Waals surface area contributed by atoms with Gasteiger partial charge in [0.05, 0.1) is 17.7 Å². The van der Waals surface area contributed by atoms with Crippen molar-refractivity contribution in [1.29, 1.82) is 0 Å². The summed E-state index contributed by atoms with van der Waals surface area (Å²) in [6, 6.07) is 10.4. The summed E-state index contributed by atoms with van der Waals surface area (Å²) in [6.07, 6.45) is 0. The molecule has 0 aromatic heterocycles. The van der Waals surface area contributed by atoms with Crippen LogP contribution in [0.5, 0.6) is 5.75 Å². The van der Waals surface area contributed by atoms with E-state index in [1.54, 1.807) is 37.4 Å². The van der Waals surface area contributed by atoms with Crippen LogP contribution in [0.25, 0.3) is 0 Å². The summed E-state index contributed by atoms with van der Waals surface area (Å²) < 4.78 is 5.28. The van der Waals surface area contributed by atoms with Crippen LogP contribution < -0.4 is 15.8 Å². The first kappa shape index (κ1) is 15.5. The van der Waals surface area contributed by atoms with Gasteiger partial charge in [-0.2, -0.15) is 0 Å². The molecule has 4 nitrogen and oxygen atoms in total. The second-order valence-electron chi connectivity index (χ2n) is 4.37. The van der Waals surface area contributed by atoms with Crippen molar-refractivity contribution < 1.29 is 9.53 Å². The standard InChI is InChI=1S/C15H14Cl2N2O2/c1-21-14-5-2-10(16)6-9(14)8-19-11-3-4-13(17)12(7-11)15(18)20/h2-7,19H,8H2,1H3,(H2,18,20). The first-order valence-corrected chi connectivity index (χ1v) is 6.92. The van der Waals surface area contributed by atoms with Crippen molar-refractivity contribution in [3.05, 3.63) is 57.6 Å². The quantitative estimate of drug-likeness (QED) is 0.881. The first-order valence-electron chi connectivity index (χ1n) is 6.17. The highest BCUT2D eigenvalue weighted by Gasteiger charge is 2.08. The summed E-state index contributed by atoms with van der Waals surface area (Å²) in [5, 5.41) is 4.13. The highest BCUT2D eigenvalue weighted by Crippen LogP contribution is 2.25. The lowest BCUT2D eigenvalue weighted by atomic mass is 10.1. The van der Waals surface area contributed by atoms with Gasteiger partial charge in [-0.25, -0.2) is 0 Å². The summed E-state index contributed by atoms with van der Waals surface area (Å²) in [5.41, 5.74) is 7.18. The molecule has 0 unspecified atom stereocenters. The molecule has 0 aliphatic rings. The fraction of sp³-hybridized carbons (Fsp3) is 0.133. The molecule has 21 heavy (non-hydrogen) atoms. The van der Waals surface area contributed by atoms with Crippen LogP contribution >= 0.6 is 23.2 Å². The Bertz CT molecular complexity index is 675. The van der Waals surface area contributed by atoms with Crippen LogP contribution in [0.2, 0.25) is 10.0 Å². The third kappa shape index (κ3) is 3.80. The van der Waals surface area contributed by atoms with Crippen LogP contribution in [0.15, 0.2) is 36.4 Å². The number of carbonyl (C=O) groups is 1. The fourth-order valence-corrected chi connectivity index (χ4v) is 2.31. The molecule has 0 atom stereocenters. The number of carbonyl (C=O) groups excluding carboxylic acids is 1. The van der Waals surface area contributed by atoms with E-state index in [1.165, 1.54) is 0 Å². The smallest absolute Gasteiger partial charge is 0.250 e. The minimum absolute atomic E-state index is 0.278. The number of hydrogen-bond acceptors (Lipinski definition) is 3. The average molecular weight is 325 g/mol. The summed E-state index contributed by atoms with van der Waals surface area (Å²) in [7, 11) is 1.60. The van der Waals surface area contributed by atoms with E-state index >= 15 is 0 Å². The van der Waals surface area contributed by atoms with E-state index in [2.05, 4.69) is 5.32 Å². The lowest BCUT2D eigenvalue weighted by molar-refractivity contribution is 0.100. The van der Waals surface area contributed by atoms with Gasteiger partial charge in [-0.3, -0.25) is 4.79 Å². The van der Waals surface area contributed by atoms with Crippen molar-refractivity contribution >= 4 is 34.8 Å². The average Bonchev–Trinajstić information content (AvgIpc) is 2.46. The van der Waals surface area contributed by atoms with Crippen LogP contribution in [-0.2, 0) is 6.54 Å². The molecular formula is C15H14Cl2N2O2. The number of primary amides is 1. The molecule has 0 spiro atoms. The monoisotopic (exact) mass is 324 g/mol. The zero-order chi connectivity index (χ0) is 15.4. The first-order chi connectivity index (χ1) is 10.0. The number of methoxy groups -OCH3 is 1. The normalized spacial score (nSPS) is 10.2. The van der Waals surface area contributed by atoms with Gasteiger partial charge < -0.3 is 15.8 Å². The van der Waals surface area contributed by atoms with Crippen molar-refractivity contribution in [2.45, 2.75) is 6.54 Å². The Balaban J connectivity index is 2.19. The number of nitrogens with two attached hydrogens (primary N) is 1. The molecule has 2 aromatic rings. The van der Waals surface area contributed by atoms with E-state index in [0.717, 1.165) is 17.0 Å². The lowest BCUT2D eigenvalue weighted by Crippen LogP contribution is -2.12. The molecule has 3 N–H and O–H groups in total. The Hall–Kier alpha value is -1.91. The minimum Gasteiger partial charge on any atom is -0.496 e. The molecule has 1 amide bonds. The molecule has 6 heteroatoms. The highest BCUT2D eigenvalue weighted by atomic mass is 35.5. The van der Waals surface area contributed by atoms with Gasteiger partial charge in [0.25, 0.3) is 0 Å². The second kappa shape index (κ2) is 6.70. The van der Waals surface area contributed by atoms with Gasteiger partial charge in [0.1, 0.15) is 5.75 Å². The van der Waals surface area contributed by atoms with Gasteiger partial charge in [0.15, 0.2) is 0 Å². The molecule has 0 bridgehead atoms. The number of rotatable bonds is 5. The maximum absolute atomic E-state index is 11.3. The van der Waals surface area contributed by atoms with E-state index < -0.39 is 5.91 Å². The summed E-state index contributed by atoms with van der Waals surface area (Å²) in [4.78, 5) is 11.3. The van der Waals surface area contributed by atoms with Gasteiger partial charge in [-0.15, -0.1) is 0 Å². The van der Waals surface area contributed by atoms with Crippen molar-refractivity contribution in [3.8, 4) is 5.75 Å². The van der Waals surface area contributed by atoms with Crippen LogP contribution in [0.1, 0.15) is 15.9 Å². The Kier molecular flexibility index (Phi) is 4.94. The zero-order valence-corrected chi connectivity index (χ0v) is 12.8. The maximum Gasteiger partial charge on any atom is 0.250 e. The Morgan fingerprint density at radius 2 is 2.00 bits per heavy atom. The van der Waals surface area contributed by atoms with Gasteiger partial charge in [-0.05, 0) is 36.4 Å². The number of ether oxygens (including phenoxy) is 1. The molecule has 2 rings (SSSR count). The number of halogens is 2. The molecular weight excluding hydrogens is 311 g/mol. The molecule has 0 radical (unpaired) electrons. The summed E-state index contributed by atoms with van der Waals surface area (Å²) >= 11 is 11.9. The molecule has 0 saturated heterocycles. The zero-order valence-electron chi connectivity index (χ0n) is 11.3. The van der Waals surface area contributed by atoms with Gasteiger partial charge in [-0.1, -0.05) is 23.2 Å². The predicted octanol–water partition coefficient (Wildman–Crippen LogP) is 3.71. The number of benzene rings is 2. The Labute approximate surface area is 132 Å². The van der Waals surface area contributed by atoms with Crippen LogP contribution in [0.3, 0.4) is 0 Å². The van der Waals surface area contributed by atoms with Crippen LogP contribution in [0, 0.1) is 0 Å². The van der Waals surface area contributed by atoms with Crippen molar-refractivity contribution in [2.75, 3.05) is 12.4 Å². The van der Waals surface area contributed by atoms with Crippen molar-refractivity contribution in [3.63, 3.8) is 0 Å². The Morgan fingerprint density at radius 3 is 2.67 bits per heavy atom. The molecule has 2 aromatic carbocycles. The van der Waals surface area contributed by atoms with E-state index in [4.69, 9.17) is 33.7 Å². The summed E-state index contributed by atoms with van der Waals surface area (Å²) in [6.45, 7) is 0.490. The Morgan fingerprint density at radius 1 is 1.24 bits per heavy atom. The number of nitrogens with one attached hydrogen (secondary N) is 1. The fourth-order valence-electron chi connectivity index (χ4n) is 1.91. The topological polar surface area (TPSA) is 64.3 Å². The van der Waals surface area contributed by atoms with Crippen molar-refractivity contribution in [1.82, 2.24) is 0 Å². The largest absolute Gasteiger partial charge is 0.496 e. The molecule has 0 heterocycles. The van der Waals surface area contributed by atoms with E-state index in [0.29, 0.717) is 16.6 Å². The maximum atomic E-state index is 11.3. The third-order valence-corrected chi connectivity index (χ3v) is 3.52. The number of hydrogen-bond donors (Lipinski definition) is 2. The highest BCUT2D eigenvalue weighted by molar-refractivity contribution is 6.33. The SMILES string of the molecule is COc1ccc(Cl)cc1CNc1ccc(Cl)c(C(N)=O)c1. The van der Waals surface area contributed by atoms with Crippen LogP contribution in [0.4, 0.5) is 5.69 Å². The van der Waals surface area contributed by atoms with Crippen molar-refractivity contribution in [2.24, 2.45) is 5.73 Å². The summed E-state index contributed by atoms with van der Waals surface area (Å²) in [5.74, 6) is 0.167. The molecule has 110 valence electrons. The molecule has 0 aliphatic carbocycles. The van der Waals surface area contributed by atoms with Crippen LogP contribution in [-0.4, -0.2) is 13.0 Å². The predicted molar refractivity (Wildman–Crippen MR) is 85.3 cm³/mol. The minimum atomic E-state index is -0.566. The van der Waals surface area contributed by atoms with Gasteiger partial charge >= 0.3 is 0 Å². The van der Waals surface area contributed by atoms with E-state index in [-0.39, 0.29) is 5.56 Å². The van der Waals surface area contributed by atoms with Gasteiger partial charge in [0, 0.05) is 22.8 Å². The molecule has 0 aliphatic heterocycles. The number of anilines is 1. The van der Waals surface area contributed by atoms with E-state index in [1.807, 2.05) is 6.07 Å². The second-order valence-corrected chi connectivity index (χ2v) is 5.21. The molecule has 0 saturated carbocycles. The van der Waals surface area contributed by atoms with E-state index in [9.17, 15) is 4.79 Å². The lowest BCUT2D eigenvalue weighted by Gasteiger charge is -2.12.